The smallest absolute Gasteiger partial charge is 0.351 e. The number of anilines is 1. The number of rotatable bonds is 2. The highest BCUT2D eigenvalue weighted by Crippen LogP contribution is 2.50. The van der Waals surface area contributed by atoms with Crippen molar-refractivity contribution in [2.45, 2.75) is 30.5 Å². The van der Waals surface area contributed by atoms with Gasteiger partial charge in [0.25, 0.3) is 0 Å². The lowest BCUT2D eigenvalue weighted by atomic mass is 9.86. The van der Waals surface area contributed by atoms with E-state index in [0.29, 0.717) is 0 Å². The van der Waals surface area contributed by atoms with E-state index < -0.39 is 35.8 Å². The van der Waals surface area contributed by atoms with Gasteiger partial charge in [-0.3, -0.25) is 4.57 Å². The van der Waals surface area contributed by atoms with Gasteiger partial charge in [-0.25, -0.2) is 4.79 Å². The van der Waals surface area contributed by atoms with Crippen LogP contribution in [0.15, 0.2) is 17.1 Å². The highest BCUT2D eigenvalue weighted by molar-refractivity contribution is 5.24. The second-order valence-electron chi connectivity index (χ2n) is 5.08. The van der Waals surface area contributed by atoms with Crippen molar-refractivity contribution < 1.29 is 19.7 Å². The molecule has 0 aromatic carbocycles. The predicted octanol–water partition coefficient (Wildman–Crippen LogP) is -1.76. The van der Waals surface area contributed by atoms with E-state index in [0.717, 1.165) is 0 Å². The summed E-state index contributed by atoms with van der Waals surface area (Å²) >= 11 is 0. The molecular weight excluding hydrogens is 254 g/mol. The molecule has 0 amide bonds. The summed E-state index contributed by atoms with van der Waals surface area (Å²) in [5.41, 5.74) is 2.23. The predicted molar refractivity (Wildman–Crippen MR) is 63.2 cm³/mol. The average Bonchev–Trinajstić information content (AvgIpc) is 2.73. The van der Waals surface area contributed by atoms with Crippen LogP contribution in [0.5, 0.6) is 0 Å². The lowest BCUT2D eigenvalue weighted by Crippen LogP contribution is -2.52. The summed E-state index contributed by atoms with van der Waals surface area (Å²) in [5, 5.41) is 19.9. The van der Waals surface area contributed by atoms with Gasteiger partial charge in [0.1, 0.15) is 23.1 Å². The van der Waals surface area contributed by atoms with Crippen LogP contribution >= 0.6 is 0 Å². The fourth-order valence-corrected chi connectivity index (χ4v) is 2.66. The molecule has 2 saturated heterocycles. The van der Waals surface area contributed by atoms with Crippen molar-refractivity contribution >= 4 is 5.82 Å². The van der Waals surface area contributed by atoms with Gasteiger partial charge in [0.15, 0.2) is 6.23 Å². The van der Waals surface area contributed by atoms with Crippen LogP contribution in [0, 0.1) is 0 Å². The molecule has 0 unspecified atom stereocenters. The molecule has 2 bridgehead atoms. The second-order valence-corrected chi connectivity index (χ2v) is 5.08. The standard InChI is InChI=1S/C11H15N3O5/c1-10(17)7-8(19-11(10,4-15)5-18-7)14-3-2-6(12)13-9(14)16/h2-3,7-8,15,17H,4-5H2,1H3,(H2,12,13,16)/t7-,8+,10+,11-/m0/s1. The van der Waals surface area contributed by atoms with Crippen LogP contribution in [-0.2, 0) is 9.47 Å². The molecule has 0 radical (unpaired) electrons. The quantitative estimate of drug-likeness (QED) is 0.581. The topological polar surface area (TPSA) is 120 Å². The van der Waals surface area contributed by atoms with Gasteiger partial charge in [-0.2, -0.15) is 4.98 Å². The molecule has 2 fully saturated rings. The molecule has 0 saturated carbocycles. The summed E-state index contributed by atoms with van der Waals surface area (Å²) in [7, 11) is 0. The summed E-state index contributed by atoms with van der Waals surface area (Å²) in [4.78, 5) is 15.4. The first-order valence-electron chi connectivity index (χ1n) is 5.89. The van der Waals surface area contributed by atoms with E-state index in [-0.39, 0.29) is 12.4 Å². The molecule has 8 heteroatoms. The number of aliphatic hydroxyl groups is 2. The minimum absolute atomic E-state index is 0.0782. The first-order valence-corrected chi connectivity index (χ1v) is 5.89. The molecule has 104 valence electrons. The monoisotopic (exact) mass is 269 g/mol. The van der Waals surface area contributed by atoms with Gasteiger partial charge in [0.2, 0.25) is 0 Å². The zero-order valence-corrected chi connectivity index (χ0v) is 10.3. The summed E-state index contributed by atoms with van der Waals surface area (Å²) < 4.78 is 12.3. The molecule has 4 atom stereocenters. The van der Waals surface area contributed by atoms with E-state index >= 15 is 0 Å². The third-order valence-electron chi connectivity index (χ3n) is 3.96. The molecule has 2 aliphatic heterocycles. The molecule has 19 heavy (non-hydrogen) atoms. The van der Waals surface area contributed by atoms with Crippen molar-refractivity contribution in [3.8, 4) is 0 Å². The zero-order valence-electron chi connectivity index (χ0n) is 10.3. The van der Waals surface area contributed by atoms with Crippen LogP contribution in [0.2, 0.25) is 0 Å². The van der Waals surface area contributed by atoms with E-state index in [9.17, 15) is 15.0 Å². The zero-order chi connectivity index (χ0) is 13.8. The number of aliphatic hydroxyl groups excluding tert-OH is 1. The number of nitrogens with zero attached hydrogens (tertiary/aromatic N) is 2. The van der Waals surface area contributed by atoms with Crippen LogP contribution in [0.1, 0.15) is 13.2 Å². The van der Waals surface area contributed by atoms with Gasteiger partial charge in [0, 0.05) is 6.20 Å². The number of hydrogen-bond donors (Lipinski definition) is 3. The Balaban J connectivity index is 2.04. The minimum atomic E-state index is -1.38. The molecule has 1 aromatic heterocycles. The van der Waals surface area contributed by atoms with Crippen molar-refractivity contribution in [1.82, 2.24) is 9.55 Å². The largest absolute Gasteiger partial charge is 0.393 e. The number of nitrogens with two attached hydrogens (primary N) is 1. The highest BCUT2D eigenvalue weighted by Gasteiger charge is 2.69. The van der Waals surface area contributed by atoms with Crippen molar-refractivity contribution in [3.05, 3.63) is 22.7 Å². The van der Waals surface area contributed by atoms with Crippen LogP contribution in [0.4, 0.5) is 5.82 Å². The van der Waals surface area contributed by atoms with E-state index in [1.165, 1.54) is 23.8 Å². The molecule has 8 nitrogen and oxygen atoms in total. The number of aromatic nitrogens is 2. The van der Waals surface area contributed by atoms with Gasteiger partial charge < -0.3 is 25.4 Å². The minimum Gasteiger partial charge on any atom is -0.393 e. The van der Waals surface area contributed by atoms with Crippen molar-refractivity contribution in [2.24, 2.45) is 0 Å². The van der Waals surface area contributed by atoms with E-state index in [1.54, 1.807) is 0 Å². The lowest BCUT2D eigenvalue weighted by molar-refractivity contribution is -0.191. The second kappa shape index (κ2) is 3.76. The van der Waals surface area contributed by atoms with E-state index in [1.807, 2.05) is 0 Å². The molecule has 3 rings (SSSR count). The van der Waals surface area contributed by atoms with Crippen LogP contribution in [0.25, 0.3) is 0 Å². The van der Waals surface area contributed by atoms with Gasteiger partial charge in [-0.15, -0.1) is 0 Å². The SMILES string of the molecule is C[C@@]1(O)[C@H]2OC[C@]1(CO)O[C@H]2n1ccc(N)nc1=O. The molecule has 3 heterocycles. The van der Waals surface area contributed by atoms with Crippen LogP contribution in [0.3, 0.4) is 0 Å². The maximum absolute atomic E-state index is 11.8. The van der Waals surface area contributed by atoms with E-state index in [4.69, 9.17) is 15.2 Å². The maximum Gasteiger partial charge on any atom is 0.351 e. The summed E-state index contributed by atoms with van der Waals surface area (Å²) in [6.07, 6.45) is -0.153. The summed E-state index contributed by atoms with van der Waals surface area (Å²) in [6, 6.07) is 1.46. The van der Waals surface area contributed by atoms with Crippen molar-refractivity contribution in [2.75, 3.05) is 18.9 Å². The molecule has 0 aliphatic carbocycles. The fourth-order valence-electron chi connectivity index (χ4n) is 2.66. The first kappa shape index (κ1) is 12.5. The Bertz CT molecular complexity index is 572. The van der Waals surface area contributed by atoms with Crippen LogP contribution < -0.4 is 11.4 Å². The van der Waals surface area contributed by atoms with Gasteiger partial charge in [0.05, 0.1) is 13.2 Å². The molecule has 0 spiro atoms. The Kier molecular flexibility index (Phi) is 2.49. The Morgan fingerprint density at radius 3 is 3.00 bits per heavy atom. The van der Waals surface area contributed by atoms with E-state index in [2.05, 4.69) is 4.98 Å². The summed E-state index contributed by atoms with van der Waals surface area (Å²) in [6.45, 7) is 1.20. The number of nitrogen functional groups attached to an aromatic ring is 1. The number of hydrogen-bond acceptors (Lipinski definition) is 7. The molecule has 1 aromatic rings. The first-order chi connectivity index (χ1) is 8.91. The number of fused-ring (bicyclic) bond motifs is 2. The Morgan fingerprint density at radius 1 is 1.68 bits per heavy atom. The molecule has 4 N–H and O–H groups in total. The highest BCUT2D eigenvalue weighted by atomic mass is 16.7. The average molecular weight is 269 g/mol. The lowest BCUT2D eigenvalue weighted by Gasteiger charge is -2.31. The Hall–Kier alpha value is -1.48. The van der Waals surface area contributed by atoms with Gasteiger partial charge >= 0.3 is 5.69 Å². The van der Waals surface area contributed by atoms with Gasteiger partial charge in [-0.1, -0.05) is 0 Å². The Labute approximate surface area is 108 Å². The van der Waals surface area contributed by atoms with Crippen molar-refractivity contribution in [1.29, 1.82) is 0 Å². The fraction of sp³-hybridized carbons (Fsp3) is 0.636. The third kappa shape index (κ3) is 1.48. The maximum atomic E-state index is 11.8. The normalized spacial score (nSPS) is 40.8. The third-order valence-corrected chi connectivity index (χ3v) is 3.96. The molecule has 2 aliphatic rings. The molecular formula is C11H15N3O5. The van der Waals surface area contributed by atoms with Crippen molar-refractivity contribution in [3.63, 3.8) is 0 Å². The number of ether oxygens (including phenoxy) is 2. The van der Waals surface area contributed by atoms with Crippen LogP contribution in [-0.4, -0.2) is 50.3 Å². The summed E-state index contributed by atoms with van der Waals surface area (Å²) in [5.74, 6) is 0.106. The van der Waals surface area contributed by atoms with Gasteiger partial charge in [-0.05, 0) is 13.0 Å². The Morgan fingerprint density at radius 2 is 2.42 bits per heavy atom.